The van der Waals surface area contributed by atoms with E-state index < -0.39 is 8.07 Å². The number of nitrogens with zero attached hydrogens (tertiary/aromatic N) is 5. The van der Waals surface area contributed by atoms with Crippen molar-refractivity contribution in [3.05, 3.63) is 144 Å². The molecule has 0 fully saturated rings. The smallest absolute Gasteiger partial charge is 0.124 e. The van der Waals surface area contributed by atoms with Gasteiger partial charge in [-0.25, -0.2) is 0 Å². The molecule has 9 rings (SSSR count). The molecule has 0 atom stereocenters. The minimum absolute atomic E-state index is 0. The maximum absolute atomic E-state index is 6.57. The van der Waals surface area contributed by atoms with E-state index in [0.717, 1.165) is 73.3 Å². The Balaban J connectivity index is 0.000000226. The first-order valence-electron chi connectivity index (χ1n) is 21.3. The first-order chi connectivity index (χ1) is 28.7. The third kappa shape index (κ3) is 8.51. The van der Waals surface area contributed by atoms with Gasteiger partial charge in [0.15, 0.2) is 0 Å². The first kappa shape index (κ1) is 43.8. The van der Waals surface area contributed by atoms with Gasteiger partial charge in [-0.1, -0.05) is 115 Å². The molecule has 1 radical (unpaired) electrons. The van der Waals surface area contributed by atoms with Gasteiger partial charge in [0.05, 0.1) is 36.7 Å². The van der Waals surface area contributed by atoms with E-state index in [-0.39, 0.29) is 26.0 Å². The van der Waals surface area contributed by atoms with Crippen LogP contribution in [-0.4, -0.2) is 32.6 Å². The van der Waals surface area contributed by atoms with Crippen LogP contribution in [0.2, 0.25) is 19.6 Å². The minimum atomic E-state index is -1.34. The monoisotopic (exact) mass is 998 g/mol. The topological polar surface area (TPSA) is 69.6 Å². The average Bonchev–Trinajstić information content (AvgIpc) is 3.79. The molecule has 0 amide bonds. The van der Waals surface area contributed by atoms with Gasteiger partial charge in [-0.05, 0) is 76.0 Å². The third-order valence-corrected chi connectivity index (χ3v) is 13.4. The predicted octanol–water partition coefficient (Wildman–Crippen LogP) is 13.5. The fourth-order valence-electron chi connectivity index (χ4n) is 8.61. The van der Waals surface area contributed by atoms with E-state index >= 15 is 0 Å². The van der Waals surface area contributed by atoms with Crippen LogP contribution in [0.3, 0.4) is 0 Å². The molecule has 0 saturated heterocycles. The zero-order chi connectivity index (χ0) is 42.5. The van der Waals surface area contributed by atoms with Crippen LogP contribution in [0.5, 0.6) is 0 Å². The number of furan rings is 1. The van der Waals surface area contributed by atoms with Crippen LogP contribution in [-0.2, 0) is 26.5 Å². The number of aromatic nitrogens is 5. The second-order valence-corrected chi connectivity index (χ2v) is 23.3. The Kier molecular flexibility index (Phi) is 12.6. The summed E-state index contributed by atoms with van der Waals surface area (Å²) in [7, 11) is -1.34. The summed E-state index contributed by atoms with van der Waals surface area (Å²) in [6, 6.07) is 34.3. The van der Waals surface area contributed by atoms with Gasteiger partial charge >= 0.3 is 0 Å². The number of hydrogen-bond donors (Lipinski definition) is 0. The predicted molar refractivity (Wildman–Crippen MR) is 253 cm³/mol. The van der Waals surface area contributed by atoms with Crippen molar-refractivity contribution >= 4 is 57.0 Å². The van der Waals surface area contributed by atoms with Gasteiger partial charge in [-0.15, -0.1) is 53.6 Å². The molecule has 5 heterocycles. The van der Waals surface area contributed by atoms with Crippen LogP contribution in [0.25, 0.3) is 72.1 Å². The second-order valence-electron chi connectivity index (χ2n) is 18.2. The first-order valence-corrected chi connectivity index (χ1v) is 24.8. The van der Waals surface area contributed by atoms with Crippen LogP contribution < -0.4 is 5.19 Å². The quantitative estimate of drug-likeness (QED) is 0.112. The molecular formula is C53H55IrN5OSi-2. The molecule has 8 heteroatoms. The van der Waals surface area contributed by atoms with Gasteiger partial charge in [0.1, 0.15) is 5.58 Å². The van der Waals surface area contributed by atoms with Gasteiger partial charge < -0.3 is 14.0 Å². The van der Waals surface area contributed by atoms with E-state index in [4.69, 9.17) is 9.40 Å². The molecule has 0 aliphatic heterocycles. The Morgan fingerprint density at radius 2 is 1.57 bits per heavy atom. The number of imidazole rings is 1. The summed E-state index contributed by atoms with van der Waals surface area (Å²) in [5, 5.41) is 6.08. The average molecular weight is 998 g/mol. The van der Waals surface area contributed by atoms with Gasteiger partial charge in [-0.3, -0.25) is 15.0 Å². The molecule has 0 aliphatic carbocycles. The Morgan fingerprint density at radius 1 is 0.803 bits per heavy atom. The van der Waals surface area contributed by atoms with Crippen LogP contribution in [0, 0.1) is 31.9 Å². The van der Waals surface area contributed by atoms with E-state index in [0.29, 0.717) is 11.8 Å². The Labute approximate surface area is 375 Å². The van der Waals surface area contributed by atoms with Crippen molar-refractivity contribution in [1.29, 1.82) is 0 Å². The molecule has 9 aromatic rings. The Bertz CT molecular complexity index is 3010. The molecule has 5 aromatic heterocycles. The standard InChI is InChI=1S/C35H31N4O.C18H24NSi.Ir/c1-19(2)26-16-23-9-7-8-10-24(23)31(20(3)4)33(26)39-29-13-14-36-18-28(29)38-35(39)25-12-11-21(5)32-27-17-37-22(6)15-30(27)40-34(25)32;1-14(2)11-16-12-17(15-9-7-6-8-10-15)19-13-18(16)20(3,4)5;/h7-11,13-20H,1-6H3;6-9,12-14H,11H2,1-5H3;/q2*-1;. The van der Waals surface area contributed by atoms with Crippen molar-refractivity contribution in [2.45, 2.75) is 93.3 Å². The molecule has 0 unspecified atom stereocenters. The van der Waals surface area contributed by atoms with Crippen LogP contribution in [0.15, 0.2) is 108 Å². The van der Waals surface area contributed by atoms with Gasteiger partial charge in [-0.2, -0.15) is 0 Å². The number of hydrogen-bond acceptors (Lipinski definition) is 5. The number of rotatable bonds is 8. The SMILES string of the molecule is CC(C)Cc1cc(-c2[c-]cccc2)ncc1[Si](C)(C)C.Cc1cc2oc3c(-c4nc5cnccc5n4-c4c(C(C)C)cc5ccccc5c4C(C)C)[c-]cc(C)c3c2cn1.[Ir]. The molecule has 0 N–H and O–H groups in total. The largest absolute Gasteiger partial charge is 0.500 e. The number of fused-ring (bicyclic) bond motifs is 5. The molecule has 6 nitrogen and oxygen atoms in total. The number of benzene rings is 4. The summed E-state index contributed by atoms with van der Waals surface area (Å²) in [4.78, 5) is 18.9. The summed E-state index contributed by atoms with van der Waals surface area (Å²) < 4.78 is 8.90. The maximum Gasteiger partial charge on any atom is 0.124 e. The Morgan fingerprint density at radius 3 is 2.28 bits per heavy atom. The molecule has 61 heavy (non-hydrogen) atoms. The number of aryl methyl sites for hydroxylation is 2. The van der Waals surface area contributed by atoms with Crippen molar-refractivity contribution in [1.82, 2.24) is 24.5 Å². The van der Waals surface area contributed by atoms with Crippen molar-refractivity contribution in [3.63, 3.8) is 0 Å². The molecule has 0 aliphatic rings. The molecular weight excluding hydrogens is 943 g/mol. The summed E-state index contributed by atoms with van der Waals surface area (Å²) in [5.41, 5.74) is 13.7. The summed E-state index contributed by atoms with van der Waals surface area (Å²) in [6.45, 7) is 24.9. The van der Waals surface area contributed by atoms with Crippen LogP contribution in [0.1, 0.15) is 81.3 Å². The van der Waals surface area contributed by atoms with Gasteiger partial charge in [0.25, 0.3) is 0 Å². The molecule has 4 aromatic carbocycles. The van der Waals surface area contributed by atoms with Crippen molar-refractivity contribution in [2.24, 2.45) is 5.92 Å². The zero-order valence-corrected chi connectivity index (χ0v) is 40.6. The molecule has 313 valence electrons. The van der Waals surface area contributed by atoms with Gasteiger partial charge in [0, 0.05) is 61.5 Å². The summed E-state index contributed by atoms with van der Waals surface area (Å²) in [6.07, 6.45) is 8.84. The minimum Gasteiger partial charge on any atom is -0.500 e. The maximum atomic E-state index is 6.57. The Hall–Kier alpha value is -5.27. The van der Waals surface area contributed by atoms with Crippen molar-refractivity contribution < 1.29 is 24.5 Å². The summed E-state index contributed by atoms with van der Waals surface area (Å²) >= 11 is 0. The molecule has 0 saturated carbocycles. The third-order valence-electron chi connectivity index (χ3n) is 11.4. The fourth-order valence-corrected chi connectivity index (χ4v) is 10.2. The van der Waals surface area contributed by atoms with E-state index in [2.05, 4.69) is 154 Å². The van der Waals surface area contributed by atoms with E-state index in [9.17, 15) is 0 Å². The van der Waals surface area contributed by atoms with E-state index in [1.54, 1.807) is 0 Å². The van der Waals surface area contributed by atoms with Crippen LogP contribution in [0.4, 0.5) is 0 Å². The zero-order valence-electron chi connectivity index (χ0n) is 37.2. The van der Waals surface area contributed by atoms with Crippen LogP contribution >= 0.6 is 0 Å². The van der Waals surface area contributed by atoms with E-state index in [1.165, 1.54) is 38.3 Å². The van der Waals surface area contributed by atoms with Crippen molar-refractivity contribution in [3.8, 4) is 28.3 Å². The number of pyridine rings is 3. The fraction of sp³-hybridized carbons (Fsp3) is 0.283. The second kappa shape index (κ2) is 17.6. The van der Waals surface area contributed by atoms with Gasteiger partial charge in [0.2, 0.25) is 0 Å². The molecule has 0 spiro atoms. The van der Waals surface area contributed by atoms with Crippen molar-refractivity contribution in [2.75, 3.05) is 0 Å². The molecule has 0 bridgehead atoms. The van der Waals surface area contributed by atoms with E-state index in [1.807, 2.05) is 55.8 Å². The normalized spacial score (nSPS) is 11.9. The summed E-state index contributed by atoms with van der Waals surface area (Å²) in [5.74, 6) is 2.05.